The first-order valence-electron chi connectivity index (χ1n) is 8.79. The van der Waals surface area contributed by atoms with Crippen molar-refractivity contribution in [1.29, 1.82) is 0 Å². The Bertz CT molecular complexity index is 1180. The zero-order valence-corrected chi connectivity index (χ0v) is 15.5. The van der Waals surface area contributed by atoms with Crippen LogP contribution in [0.25, 0.3) is 28.4 Å². The molecule has 28 heavy (non-hydrogen) atoms. The van der Waals surface area contributed by atoms with Crippen LogP contribution in [0.4, 0.5) is 5.95 Å². The Kier molecular flexibility index (Phi) is 4.44. The zero-order valence-electron chi connectivity index (χ0n) is 15.5. The third-order valence-electron chi connectivity index (χ3n) is 4.19. The van der Waals surface area contributed by atoms with E-state index in [0.717, 1.165) is 11.4 Å². The number of nitrogens with two attached hydrogens (primary N) is 1. The van der Waals surface area contributed by atoms with Gasteiger partial charge in [-0.05, 0) is 44.2 Å². The van der Waals surface area contributed by atoms with Gasteiger partial charge in [0.2, 0.25) is 5.95 Å². The van der Waals surface area contributed by atoms with Gasteiger partial charge in [-0.3, -0.25) is 9.38 Å². The number of esters is 1. The van der Waals surface area contributed by atoms with Crippen molar-refractivity contribution in [3.8, 4) is 22.8 Å². The Morgan fingerprint density at radius 2 is 2.00 bits per heavy atom. The molecule has 8 nitrogen and oxygen atoms in total. The number of rotatable bonds is 4. The van der Waals surface area contributed by atoms with Crippen molar-refractivity contribution >= 4 is 17.6 Å². The highest BCUT2D eigenvalue weighted by molar-refractivity contribution is 5.91. The van der Waals surface area contributed by atoms with Crippen LogP contribution < -0.4 is 5.73 Å². The molecule has 4 rings (SSSR count). The van der Waals surface area contributed by atoms with E-state index in [9.17, 15) is 4.79 Å². The molecule has 0 amide bonds. The molecule has 4 aromatic heterocycles. The van der Waals surface area contributed by atoms with Crippen LogP contribution in [0.2, 0.25) is 0 Å². The molecule has 0 aliphatic carbocycles. The summed E-state index contributed by atoms with van der Waals surface area (Å²) in [5, 5.41) is 0. The van der Waals surface area contributed by atoms with Gasteiger partial charge in [-0.1, -0.05) is 6.07 Å². The number of nitrogens with zero attached hydrogens (tertiary/aromatic N) is 5. The predicted octanol–water partition coefficient (Wildman–Crippen LogP) is 2.92. The number of carbonyl (C=O) groups excluding carboxylic acids is 1. The maximum Gasteiger partial charge on any atom is 0.338 e. The molecule has 140 valence electrons. The van der Waals surface area contributed by atoms with Gasteiger partial charge in [0.1, 0.15) is 17.0 Å². The first-order valence-corrected chi connectivity index (χ1v) is 8.79. The number of fused-ring (bicyclic) bond motifs is 1. The lowest BCUT2D eigenvalue weighted by Gasteiger charge is -2.06. The largest absolute Gasteiger partial charge is 0.462 e. The molecule has 2 N–H and O–H groups in total. The first kappa shape index (κ1) is 17.6. The average Bonchev–Trinajstić information content (AvgIpc) is 3.07. The van der Waals surface area contributed by atoms with Crippen molar-refractivity contribution in [3.63, 3.8) is 0 Å². The van der Waals surface area contributed by atoms with Gasteiger partial charge in [0.05, 0.1) is 23.6 Å². The van der Waals surface area contributed by atoms with E-state index < -0.39 is 5.97 Å². The van der Waals surface area contributed by atoms with Gasteiger partial charge < -0.3 is 10.5 Å². The van der Waals surface area contributed by atoms with E-state index in [1.54, 1.807) is 37.5 Å². The Labute approximate surface area is 161 Å². The van der Waals surface area contributed by atoms with E-state index in [2.05, 4.69) is 15.0 Å². The fourth-order valence-corrected chi connectivity index (χ4v) is 2.99. The maximum absolute atomic E-state index is 12.1. The minimum absolute atomic E-state index is 0.166. The summed E-state index contributed by atoms with van der Waals surface area (Å²) in [6.45, 7) is 3.99. The molecule has 0 radical (unpaired) electrons. The molecule has 0 unspecified atom stereocenters. The van der Waals surface area contributed by atoms with E-state index in [-0.39, 0.29) is 5.95 Å². The predicted molar refractivity (Wildman–Crippen MR) is 105 cm³/mol. The Balaban J connectivity index is 1.98. The maximum atomic E-state index is 12.1. The molecule has 0 saturated heterocycles. The molecule has 0 aromatic carbocycles. The number of hydrogen-bond donors (Lipinski definition) is 1. The van der Waals surface area contributed by atoms with Gasteiger partial charge in [0.15, 0.2) is 0 Å². The Morgan fingerprint density at radius 1 is 1.14 bits per heavy atom. The van der Waals surface area contributed by atoms with Crippen LogP contribution in [-0.4, -0.2) is 36.9 Å². The van der Waals surface area contributed by atoms with Gasteiger partial charge in [0, 0.05) is 18.1 Å². The van der Waals surface area contributed by atoms with Crippen LogP contribution in [-0.2, 0) is 4.74 Å². The van der Waals surface area contributed by atoms with Crippen molar-refractivity contribution < 1.29 is 9.53 Å². The van der Waals surface area contributed by atoms with E-state index in [1.807, 2.05) is 29.5 Å². The number of aromatic nitrogens is 5. The summed E-state index contributed by atoms with van der Waals surface area (Å²) in [6.07, 6.45) is 3.36. The van der Waals surface area contributed by atoms with Gasteiger partial charge in [-0.25, -0.2) is 19.7 Å². The minimum Gasteiger partial charge on any atom is -0.462 e. The molecule has 4 aromatic rings. The molecule has 0 spiro atoms. The van der Waals surface area contributed by atoms with Gasteiger partial charge in [-0.2, -0.15) is 0 Å². The van der Waals surface area contributed by atoms with Crippen molar-refractivity contribution in [2.24, 2.45) is 0 Å². The molecule has 0 saturated carbocycles. The van der Waals surface area contributed by atoms with Crippen molar-refractivity contribution in [2.45, 2.75) is 13.8 Å². The lowest BCUT2D eigenvalue weighted by Crippen LogP contribution is -2.05. The number of aryl methyl sites for hydroxylation is 1. The summed E-state index contributed by atoms with van der Waals surface area (Å²) in [6, 6.07) is 10.9. The first-order chi connectivity index (χ1) is 13.6. The minimum atomic E-state index is -0.393. The van der Waals surface area contributed by atoms with E-state index >= 15 is 0 Å². The lowest BCUT2D eigenvalue weighted by molar-refractivity contribution is 0.0526. The standard InChI is InChI=1S/C20H18N6O2/c1-3-28-19(27)13-8-10-26-16(11-13)25-17(14-6-4-5-12(2)23-14)18(26)15-7-9-22-20(21)24-15/h4-11H,3H2,1-2H3,(H2,21,22,24). The summed E-state index contributed by atoms with van der Waals surface area (Å²) in [5.41, 5.74) is 10.3. The molecule has 0 bridgehead atoms. The highest BCUT2D eigenvalue weighted by atomic mass is 16.5. The number of ether oxygens (including phenoxy) is 1. The number of nitrogen functional groups attached to an aromatic ring is 1. The third kappa shape index (κ3) is 3.16. The van der Waals surface area contributed by atoms with Crippen molar-refractivity contribution in [2.75, 3.05) is 12.3 Å². The topological polar surface area (TPSA) is 108 Å². The number of imidazole rings is 1. The number of anilines is 1. The summed E-state index contributed by atoms with van der Waals surface area (Å²) < 4.78 is 6.94. The smallest absolute Gasteiger partial charge is 0.338 e. The van der Waals surface area contributed by atoms with Crippen LogP contribution in [0.1, 0.15) is 23.0 Å². The lowest BCUT2D eigenvalue weighted by atomic mass is 10.1. The molecule has 0 aliphatic rings. The number of hydrogen-bond acceptors (Lipinski definition) is 7. The van der Waals surface area contributed by atoms with Crippen LogP contribution in [0.15, 0.2) is 48.8 Å². The summed E-state index contributed by atoms with van der Waals surface area (Å²) in [7, 11) is 0. The summed E-state index contributed by atoms with van der Waals surface area (Å²) >= 11 is 0. The normalized spacial score (nSPS) is 10.9. The molecular weight excluding hydrogens is 356 g/mol. The average molecular weight is 374 g/mol. The van der Waals surface area contributed by atoms with E-state index in [4.69, 9.17) is 15.5 Å². The second-order valence-corrected chi connectivity index (χ2v) is 6.14. The number of carbonyl (C=O) groups is 1. The Hall–Kier alpha value is -3.81. The molecular formula is C20H18N6O2. The van der Waals surface area contributed by atoms with Crippen LogP contribution >= 0.6 is 0 Å². The zero-order chi connectivity index (χ0) is 19.7. The summed E-state index contributed by atoms with van der Waals surface area (Å²) in [5.74, 6) is -0.227. The van der Waals surface area contributed by atoms with Crippen LogP contribution in [0.5, 0.6) is 0 Å². The molecule has 0 fully saturated rings. The van der Waals surface area contributed by atoms with Gasteiger partial charge >= 0.3 is 5.97 Å². The van der Waals surface area contributed by atoms with Gasteiger partial charge in [-0.15, -0.1) is 0 Å². The van der Waals surface area contributed by atoms with E-state index in [0.29, 0.717) is 34.9 Å². The van der Waals surface area contributed by atoms with E-state index in [1.165, 1.54) is 0 Å². The second kappa shape index (κ2) is 7.07. The van der Waals surface area contributed by atoms with Gasteiger partial charge in [0.25, 0.3) is 0 Å². The highest BCUT2D eigenvalue weighted by Gasteiger charge is 2.20. The van der Waals surface area contributed by atoms with Crippen LogP contribution in [0.3, 0.4) is 0 Å². The monoisotopic (exact) mass is 374 g/mol. The highest BCUT2D eigenvalue weighted by Crippen LogP contribution is 2.31. The second-order valence-electron chi connectivity index (χ2n) is 6.14. The quantitative estimate of drug-likeness (QED) is 0.547. The fraction of sp³-hybridized carbons (Fsp3) is 0.150. The molecule has 8 heteroatoms. The summed E-state index contributed by atoms with van der Waals surface area (Å²) in [4.78, 5) is 29.7. The SMILES string of the molecule is CCOC(=O)c1ccn2c(-c3ccnc(N)n3)c(-c3cccc(C)n3)nc2c1. The molecule has 0 aliphatic heterocycles. The number of pyridine rings is 2. The van der Waals surface area contributed by atoms with Crippen molar-refractivity contribution in [3.05, 3.63) is 60.0 Å². The molecule has 0 atom stereocenters. The molecule has 4 heterocycles. The third-order valence-corrected chi connectivity index (χ3v) is 4.19. The fourth-order valence-electron chi connectivity index (χ4n) is 2.99. The van der Waals surface area contributed by atoms with Crippen molar-refractivity contribution in [1.82, 2.24) is 24.3 Å². The van der Waals surface area contributed by atoms with Crippen LogP contribution in [0, 0.1) is 6.92 Å². The Morgan fingerprint density at radius 3 is 2.75 bits per heavy atom.